The van der Waals surface area contributed by atoms with Gasteiger partial charge in [0.05, 0.1) is 0 Å². The molecule has 0 saturated heterocycles. The van der Waals surface area contributed by atoms with E-state index in [1.54, 1.807) is 12.1 Å². The number of aryl methyl sites for hydroxylation is 1. The summed E-state index contributed by atoms with van der Waals surface area (Å²) in [6.45, 7) is 2.69. The van der Waals surface area contributed by atoms with E-state index in [-0.39, 0.29) is 11.8 Å². The van der Waals surface area contributed by atoms with Gasteiger partial charge in [0.2, 0.25) is 0 Å². The largest absolute Gasteiger partial charge is 0.508 e. The molecule has 4 aromatic rings. The molecule has 3 N–H and O–H groups in total. The Morgan fingerprint density at radius 2 is 1.64 bits per heavy atom. The predicted octanol–water partition coefficient (Wildman–Crippen LogP) is 3.66. The van der Waals surface area contributed by atoms with E-state index in [2.05, 4.69) is 48.6 Å². The van der Waals surface area contributed by atoms with Crippen LogP contribution in [-0.2, 0) is 6.54 Å². The highest BCUT2D eigenvalue weighted by Crippen LogP contribution is 2.22. The maximum Gasteiger partial charge on any atom is 0.336 e. The Hall–Kier alpha value is -3.37. The summed E-state index contributed by atoms with van der Waals surface area (Å²) >= 11 is 0. The maximum absolute atomic E-state index is 12.0. The average Bonchev–Trinajstić information content (AvgIpc) is 2.69. The normalized spacial score (nSPS) is 12.2. The van der Waals surface area contributed by atoms with Crippen molar-refractivity contribution in [3.63, 3.8) is 0 Å². The van der Waals surface area contributed by atoms with Gasteiger partial charge in [0, 0.05) is 34.2 Å². The van der Waals surface area contributed by atoms with Crippen molar-refractivity contribution in [2.24, 2.45) is 0 Å². The smallest absolute Gasteiger partial charge is 0.336 e. The molecule has 1 aromatic heterocycles. The topological polar surface area (TPSA) is 67.0 Å². The average molecular weight is 372 g/mol. The lowest BCUT2D eigenvalue weighted by Gasteiger charge is -2.17. The molecule has 0 aliphatic heterocycles. The van der Waals surface area contributed by atoms with Crippen LogP contribution >= 0.6 is 0 Å². The van der Waals surface area contributed by atoms with Crippen molar-refractivity contribution >= 4 is 11.0 Å². The maximum atomic E-state index is 12.0. The molecule has 0 unspecified atom stereocenters. The number of fused-ring (bicyclic) bond motifs is 1. The highest BCUT2D eigenvalue weighted by molar-refractivity contribution is 5.81. The van der Waals surface area contributed by atoms with Crippen molar-refractivity contribution < 1.29 is 14.8 Å². The van der Waals surface area contributed by atoms with Gasteiger partial charge in [-0.2, -0.15) is 0 Å². The van der Waals surface area contributed by atoms with Crippen molar-refractivity contribution in [3.05, 3.63) is 112 Å². The van der Waals surface area contributed by atoms with Gasteiger partial charge >= 0.3 is 5.63 Å². The lowest BCUT2D eigenvalue weighted by molar-refractivity contribution is -0.702. The standard InChI is InChI=1S/C24H21NO3/c1-16-7-9-18(10-8-16)24(17-5-3-2-4-6-17)25-15-19-13-23(27)28-22-14-20(26)11-12-21(19)22/h2-14,24-26H,15H2,1H3/p+1/t24-/m1/s1. The number of nitrogens with two attached hydrogens (primary N) is 1. The van der Waals surface area contributed by atoms with Crippen LogP contribution in [0.15, 0.2) is 88.1 Å². The van der Waals surface area contributed by atoms with E-state index in [4.69, 9.17) is 4.42 Å². The van der Waals surface area contributed by atoms with Crippen LogP contribution in [0, 0.1) is 6.92 Å². The summed E-state index contributed by atoms with van der Waals surface area (Å²) in [4.78, 5) is 12.0. The van der Waals surface area contributed by atoms with Gasteiger partial charge in [-0.05, 0) is 19.1 Å². The molecule has 0 radical (unpaired) electrons. The van der Waals surface area contributed by atoms with Crippen molar-refractivity contribution in [2.45, 2.75) is 19.5 Å². The third-order valence-electron chi connectivity index (χ3n) is 4.98. The first-order chi connectivity index (χ1) is 13.6. The molecule has 0 aliphatic carbocycles. The minimum absolute atomic E-state index is 0.0820. The molecule has 3 aromatic carbocycles. The Balaban J connectivity index is 1.70. The number of rotatable bonds is 5. The Morgan fingerprint density at radius 1 is 0.929 bits per heavy atom. The van der Waals surface area contributed by atoms with Gasteiger partial charge in [0.15, 0.2) is 0 Å². The van der Waals surface area contributed by atoms with Crippen LogP contribution in [0.1, 0.15) is 28.3 Å². The van der Waals surface area contributed by atoms with E-state index < -0.39 is 5.63 Å². The van der Waals surface area contributed by atoms with Gasteiger partial charge in [0.1, 0.15) is 23.9 Å². The number of quaternary nitrogens is 1. The minimum Gasteiger partial charge on any atom is -0.508 e. The second-order valence-corrected chi connectivity index (χ2v) is 7.01. The summed E-state index contributed by atoms with van der Waals surface area (Å²) in [6.07, 6.45) is 0. The number of aromatic hydroxyl groups is 1. The van der Waals surface area contributed by atoms with Crippen molar-refractivity contribution in [1.82, 2.24) is 0 Å². The first kappa shape index (κ1) is 18.0. The number of phenolic OH excluding ortho intramolecular Hbond substituents is 1. The number of benzene rings is 3. The number of hydrogen-bond acceptors (Lipinski definition) is 3. The first-order valence-electron chi connectivity index (χ1n) is 9.31. The fourth-order valence-corrected chi connectivity index (χ4v) is 3.53. The molecule has 1 heterocycles. The van der Waals surface area contributed by atoms with Gasteiger partial charge < -0.3 is 14.8 Å². The van der Waals surface area contributed by atoms with E-state index in [1.807, 2.05) is 18.2 Å². The summed E-state index contributed by atoms with van der Waals surface area (Å²) in [5.74, 6) is 0.0820. The molecule has 0 amide bonds. The van der Waals surface area contributed by atoms with Crippen LogP contribution < -0.4 is 10.9 Å². The minimum atomic E-state index is -0.409. The molecule has 0 bridgehead atoms. The van der Waals surface area contributed by atoms with E-state index >= 15 is 0 Å². The first-order valence-corrected chi connectivity index (χ1v) is 9.31. The van der Waals surface area contributed by atoms with Crippen LogP contribution in [-0.4, -0.2) is 5.11 Å². The molecule has 0 fully saturated rings. The Bertz CT molecular complexity index is 1150. The summed E-state index contributed by atoms with van der Waals surface area (Å²) in [7, 11) is 0. The third kappa shape index (κ3) is 3.82. The Morgan fingerprint density at radius 3 is 2.39 bits per heavy atom. The fourth-order valence-electron chi connectivity index (χ4n) is 3.53. The van der Waals surface area contributed by atoms with Gasteiger partial charge in [-0.15, -0.1) is 0 Å². The molecule has 4 heteroatoms. The third-order valence-corrected chi connectivity index (χ3v) is 4.98. The van der Waals surface area contributed by atoms with Crippen LogP contribution in [0.25, 0.3) is 11.0 Å². The fraction of sp³-hybridized carbons (Fsp3) is 0.125. The number of phenols is 1. The van der Waals surface area contributed by atoms with Crippen molar-refractivity contribution in [3.8, 4) is 5.75 Å². The van der Waals surface area contributed by atoms with Crippen LogP contribution in [0.4, 0.5) is 0 Å². The predicted molar refractivity (Wildman–Crippen MR) is 109 cm³/mol. The highest BCUT2D eigenvalue weighted by Gasteiger charge is 2.18. The lowest BCUT2D eigenvalue weighted by Crippen LogP contribution is -2.84. The zero-order chi connectivity index (χ0) is 19.5. The van der Waals surface area contributed by atoms with E-state index in [0.29, 0.717) is 12.1 Å². The molecule has 0 spiro atoms. The molecular formula is C24H22NO3+. The lowest BCUT2D eigenvalue weighted by atomic mass is 9.97. The Labute approximate surface area is 163 Å². The monoisotopic (exact) mass is 372 g/mol. The quantitative estimate of drug-likeness (QED) is 0.526. The zero-order valence-electron chi connectivity index (χ0n) is 15.6. The Kier molecular flexibility index (Phi) is 4.96. The second-order valence-electron chi connectivity index (χ2n) is 7.01. The van der Waals surface area contributed by atoms with Crippen molar-refractivity contribution in [1.29, 1.82) is 0 Å². The molecule has 4 nitrogen and oxygen atoms in total. The van der Waals surface area contributed by atoms with Crippen LogP contribution in [0.5, 0.6) is 5.75 Å². The van der Waals surface area contributed by atoms with Gasteiger partial charge in [-0.25, -0.2) is 4.79 Å². The molecule has 0 saturated carbocycles. The summed E-state index contributed by atoms with van der Waals surface area (Å²) in [5.41, 5.74) is 4.52. The second kappa shape index (κ2) is 7.71. The van der Waals surface area contributed by atoms with E-state index in [0.717, 1.165) is 10.9 Å². The zero-order valence-corrected chi connectivity index (χ0v) is 15.6. The summed E-state index contributed by atoms with van der Waals surface area (Å²) in [5, 5.41) is 12.7. The molecule has 0 aliphatic rings. The molecule has 1 atom stereocenters. The highest BCUT2D eigenvalue weighted by atomic mass is 16.4. The number of hydrogen-bond donors (Lipinski definition) is 2. The van der Waals surface area contributed by atoms with Gasteiger partial charge in [0.25, 0.3) is 0 Å². The molecular weight excluding hydrogens is 350 g/mol. The van der Waals surface area contributed by atoms with E-state index in [1.165, 1.54) is 28.8 Å². The van der Waals surface area contributed by atoms with Gasteiger partial charge in [-0.3, -0.25) is 0 Å². The summed E-state index contributed by atoms with van der Waals surface area (Å²) in [6, 6.07) is 25.4. The molecule has 28 heavy (non-hydrogen) atoms. The SMILES string of the molecule is Cc1ccc([C@H]([NH2+]Cc2cc(=O)oc3cc(O)ccc23)c2ccccc2)cc1. The van der Waals surface area contributed by atoms with Crippen LogP contribution in [0.2, 0.25) is 0 Å². The summed E-state index contributed by atoms with van der Waals surface area (Å²) < 4.78 is 5.24. The molecule has 140 valence electrons. The van der Waals surface area contributed by atoms with E-state index in [9.17, 15) is 9.90 Å². The molecule has 4 rings (SSSR count). The van der Waals surface area contributed by atoms with Crippen molar-refractivity contribution in [2.75, 3.05) is 0 Å². The van der Waals surface area contributed by atoms with Gasteiger partial charge in [-0.1, -0.05) is 60.2 Å². The van der Waals surface area contributed by atoms with Crippen LogP contribution in [0.3, 0.4) is 0 Å².